The average molecular weight is 348 g/mol. The number of hydrogen-bond acceptors (Lipinski definition) is 4. The van der Waals surface area contributed by atoms with Gasteiger partial charge in [0.2, 0.25) is 0 Å². The van der Waals surface area contributed by atoms with Gasteiger partial charge in [-0.15, -0.1) is 0 Å². The van der Waals surface area contributed by atoms with Crippen LogP contribution in [0.2, 0.25) is 0 Å². The van der Waals surface area contributed by atoms with Crippen molar-refractivity contribution in [1.82, 2.24) is 9.55 Å². The van der Waals surface area contributed by atoms with Gasteiger partial charge in [-0.2, -0.15) is 0 Å². The van der Waals surface area contributed by atoms with E-state index >= 15 is 0 Å². The fraction of sp³-hybridized carbons (Fsp3) is 0.444. The third-order valence-electron chi connectivity index (χ3n) is 3.60. The molecule has 0 radical (unpaired) electrons. The molecule has 1 N–H and O–H groups in total. The molecule has 0 amide bonds. The predicted octanol–water partition coefficient (Wildman–Crippen LogP) is 3.42. The molecule has 0 atom stereocenters. The van der Waals surface area contributed by atoms with Gasteiger partial charge >= 0.3 is 5.69 Å². The summed E-state index contributed by atoms with van der Waals surface area (Å²) in [6, 6.07) is 6.20. The van der Waals surface area contributed by atoms with Crippen LogP contribution < -0.4 is 11.2 Å². The molecule has 0 aliphatic carbocycles. The molecule has 24 heavy (non-hydrogen) atoms. The fourth-order valence-corrected chi connectivity index (χ4v) is 3.99. The number of nitrogens with one attached hydrogen (secondary N) is 1. The summed E-state index contributed by atoms with van der Waals surface area (Å²) in [7, 11) is 0. The Balaban J connectivity index is 2.63. The second-order valence-electron chi connectivity index (χ2n) is 6.11. The standard InChI is InChI=1S/C18H24N2O3S/c1-6-23-10-20-17(15(11(2)3)16(21)19-18(20)22)24-14-8-12(4)7-13(5)9-14/h7-9,11H,6,10H2,1-5H3,(H,19,21,22). The molecule has 0 saturated heterocycles. The highest BCUT2D eigenvalue weighted by molar-refractivity contribution is 7.99. The largest absolute Gasteiger partial charge is 0.361 e. The van der Waals surface area contributed by atoms with Crippen molar-refractivity contribution in [3.8, 4) is 0 Å². The van der Waals surface area contributed by atoms with E-state index in [2.05, 4.69) is 23.2 Å². The van der Waals surface area contributed by atoms with Crippen LogP contribution in [0.4, 0.5) is 0 Å². The number of hydrogen-bond donors (Lipinski definition) is 1. The van der Waals surface area contributed by atoms with Gasteiger partial charge in [0.15, 0.2) is 0 Å². The van der Waals surface area contributed by atoms with Crippen LogP contribution in [0.3, 0.4) is 0 Å². The minimum atomic E-state index is -0.440. The van der Waals surface area contributed by atoms with Crippen molar-refractivity contribution in [3.63, 3.8) is 0 Å². The van der Waals surface area contributed by atoms with Crippen LogP contribution in [-0.4, -0.2) is 16.2 Å². The molecule has 6 heteroatoms. The number of aromatic nitrogens is 2. The maximum absolute atomic E-state index is 12.3. The number of ether oxygens (including phenoxy) is 1. The van der Waals surface area contributed by atoms with Gasteiger partial charge in [-0.25, -0.2) is 4.79 Å². The molecule has 0 aliphatic rings. The molecule has 1 heterocycles. The quantitative estimate of drug-likeness (QED) is 0.813. The van der Waals surface area contributed by atoms with Crippen LogP contribution in [0.5, 0.6) is 0 Å². The zero-order valence-corrected chi connectivity index (χ0v) is 15.6. The Hall–Kier alpha value is -1.79. The van der Waals surface area contributed by atoms with Crippen molar-refractivity contribution in [1.29, 1.82) is 0 Å². The van der Waals surface area contributed by atoms with Crippen molar-refractivity contribution in [2.45, 2.75) is 57.2 Å². The third kappa shape index (κ3) is 4.19. The maximum atomic E-state index is 12.3. The summed E-state index contributed by atoms with van der Waals surface area (Å²) in [6.45, 7) is 10.5. The van der Waals surface area contributed by atoms with Crippen LogP contribution in [0.1, 0.15) is 43.4 Å². The van der Waals surface area contributed by atoms with E-state index in [9.17, 15) is 9.59 Å². The summed E-state index contributed by atoms with van der Waals surface area (Å²) in [5.74, 6) is -0.00404. The van der Waals surface area contributed by atoms with Crippen molar-refractivity contribution >= 4 is 11.8 Å². The van der Waals surface area contributed by atoms with Crippen LogP contribution in [-0.2, 0) is 11.5 Å². The molecule has 1 aromatic heterocycles. The van der Waals surface area contributed by atoms with E-state index in [-0.39, 0.29) is 18.2 Å². The minimum absolute atomic E-state index is 0.00404. The molecule has 5 nitrogen and oxygen atoms in total. The number of rotatable bonds is 6. The lowest BCUT2D eigenvalue weighted by Gasteiger charge is -2.17. The number of aromatic amines is 1. The SMILES string of the molecule is CCOCn1c(Sc2cc(C)cc(C)c2)c(C(C)C)c(=O)[nH]c1=O. The first-order valence-electron chi connectivity index (χ1n) is 8.04. The molecule has 0 fully saturated rings. The van der Waals surface area contributed by atoms with Gasteiger partial charge in [0, 0.05) is 11.5 Å². The highest BCUT2D eigenvalue weighted by atomic mass is 32.2. The van der Waals surface area contributed by atoms with Gasteiger partial charge in [-0.1, -0.05) is 31.7 Å². The van der Waals surface area contributed by atoms with Gasteiger partial charge in [0.1, 0.15) is 6.73 Å². The Bertz CT molecular complexity index is 817. The molecular formula is C18H24N2O3S. The van der Waals surface area contributed by atoms with E-state index in [1.165, 1.54) is 16.3 Å². The van der Waals surface area contributed by atoms with E-state index in [1.807, 2.05) is 34.6 Å². The molecular weight excluding hydrogens is 324 g/mol. The highest BCUT2D eigenvalue weighted by Gasteiger charge is 2.19. The molecule has 2 rings (SSSR count). The fourth-order valence-electron chi connectivity index (χ4n) is 2.59. The monoisotopic (exact) mass is 348 g/mol. The summed E-state index contributed by atoms with van der Waals surface area (Å²) in [6.07, 6.45) is 0. The van der Waals surface area contributed by atoms with Gasteiger partial charge in [0.05, 0.1) is 10.6 Å². The Labute approximate surface area is 146 Å². The zero-order valence-electron chi connectivity index (χ0n) is 14.8. The predicted molar refractivity (Wildman–Crippen MR) is 97.1 cm³/mol. The minimum Gasteiger partial charge on any atom is -0.361 e. The average Bonchev–Trinajstić information content (AvgIpc) is 2.45. The molecule has 0 aliphatic heterocycles. The van der Waals surface area contributed by atoms with Crippen LogP contribution in [0.15, 0.2) is 37.7 Å². The highest BCUT2D eigenvalue weighted by Crippen LogP contribution is 2.32. The van der Waals surface area contributed by atoms with Gasteiger partial charge in [0.25, 0.3) is 5.56 Å². The van der Waals surface area contributed by atoms with Crippen LogP contribution >= 0.6 is 11.8 Å². The van der Waals surface area contributed by atoms with Crippen molar-refractivity contribution in [3.05, 3.63) is 55.7 Å². The Kier molecular flexibility index (Phi) is 6.07. The topological polar surface area (TPSA) is 64.1 Å². The summed E-state index contributed by atoms with van der Waals surface area (Å²) in [5.41, 5.74) is 2.14. The lowest BCUT2D eigenvalue weighted by molar-refractivity contribution is 0.0778. The molecule has 0 spiro atoms. The summed E-state index contributed by atoms with van der Waals surface area (Å²) in [5, 5.41) is 0.650. The lowest BCUT2D eigenvalue weighted by Crippen LogP contribution is -2.35. The van der Waals surface area contributed by atoms with E-state index in [4.69, 9.17) is 4.74 Å². The number of nitrogens with zero attached hydrogens (tertiary/aromatic N) is 1. The van der Waals surface area contributed by atoms with E-state index < -0.39 is 5.69 Å². The second-order valence-corrected chi connectivity index (χ2v) is 7.17. The van der Waals surface area contributed by atoms with E-state index in [0.717, 1.165) is 16.0 Å². The lowest BCUT2D eigenvalue weighted by atomic mass is 10.1. The molecule has 1 aromatic carbocycles. The molecule has 2 aromatic rings. The van der Waals surface area contributed by atoms with Crippen LogP contribution in [0, 0.1) is 13.8 Å². The summed E-state index contributed by atoms with van der Waals surface area (Å²) < 4.78 is 6.93. The maximum Gasteiger partial charge on any atom is 0.331 e. The molecule has 0 saturated carbocycles. The summed E-state index contributed by atoms with van der Waals surface area (Å²) in [4.78, 5) is 28.0. The smallest absolute Gasteiger partial charge is 0.331 e. The number of H-pyrrole nitrogens is 1. The third-order valence-corrected chi connectivity index (χ3v) is 4.70. The Morgan fingerprint density at radius 2 is 1.79 bits per heavy atom. The van der Waals surface area contributed by atoms with Gasteiger partial charge in [-0.3, -0.25) is 14.3 Å². The van der Waals surface area contributed by atoms with Gasteiger partial charge < -0.3 is 4.74 Å². The Morgan fingerprint density at radius 3 is 2.33 bits per heavy atom. The first-order valence-corrected chi connectivity index (χ1v) is 8.86. The van der Waals surface area contributed by atoms with Crippen molar-refractivity contribution in [2.75, 3.05) is 6.61 Å². The molecule has 130 valence electrons. The zero-order chi connectivity index (χ0) is 17.9. The van der Waals surface area contributed by atoms with Crippen LogP contribution in [0.25, 0.3) is 0 Å². The number of benzene rings is 1. The molecule has 0 bridgehead atoms. The Morgan fingerprint density at radius 1 is 1.17 bits per heavy atom. The van der Waals surface area contributed by atoms with E-state index in [1.54, 1.807) is 0 Å². The molecule has 0 unspecified atom stereocenters. The first-order chi connectivity index (χ1) is 11.3. The normalized spacial score (nSPS) is 11.2. The van der Waals surface area contributed by atoms with Gasteiger partial charge in [-0.05, 0) is 49.9 Å². The summed E-state index contributed by atoms with van der Waals surface area (Å²) >= 11 is 1.44. The van der Waals surface area contributed by atoms with E-state index in [0.29, 0.717) is 17.2 Å². The first kappa shape index (κ1) is 18.5. The number of aryl methyl sites for hydroxylation is 2. The van der Waals surface area contributed by atoms with Crippen molar-refractivity contribution in [2.24, 2.45) is 0 Å². The van der Waals surface area contributed by atoms with Crippen molar-refractivity contribution < 1.29 is 4.74 Å². The second kappa shape index (κ2) is 7.85.